The first-order chi connectivity index (χ1) is 15.2. The van der Waals surface area contributed by atoms with Crippen LogP contribution < -0.4 is 4.74 Å². The minimum Gasteiger partial charge on any atom is -0.497 e. The summed E-state index contributed by atoms with van der Waals surface area (Å²) >= 11 is 1.61. The second-order valence-corrected chi connectivity index (χ2v) is 8.14. The third kappa shape index (κ3) is 3.92. The first-order valence-electron chi connectivity index (χ1n) is 9.94. The van der Waals surface area contributed by atoms with Gasteiger partial charge in [0.2, 0.25) is 0 Å². The van der Waals surface area contributed by atoms with Crippen molar-refractivity contribution in [2.24, 2.45) is 0 Å². The lowest BCUT2D eigenvalue weighted by Gasteiger charge is -2.11. The Morgan fingerprint density at radius 2 is 1.71 bits per heavy atom. The van der Waals surface area contributed by atoms with E-state index in [0.717, 1.165) is 44.8 Å². The number of aromatic amines is 1. The van der Waals surface area contributed by atoms with E-state index in [9.17, 15) is 0 Å². The highest BCUT2D eigenvalue weighted by molar-refractivity contribution is 7.98. The molecule has 2 aromatic heterocycles. The van der Waals surface area contributed by atoms with Gasteiger partial charge >= 0.3 is 0 Å². The zero-order chi connectivity index (χ0) is 21.2. The summed E-state index contributed by atoms with van der Waals surface area (Å²) < 4.78 is 7.39. The third-order valence-corrected chi connectivity index (χ3v) is 5.99. The second-order valence-electron chi connectivity index (χ2n) is 7.19. The van der Waals surface area contributed by atoms with E-state index in [-0.39, 0.29) is 0 Å². The highest BCUT2D eigenvalue weighted by Crippen LogP contribution is 2.30. The van der Waals surface area contributed by atoms with Crippen LogP contribution in [0.4, 0.5) is 0 Å². The number of hydrogen-bond acceptors (Lipinski definition) is 5. The van der Waals surface area contributed by atoms with Crippen molar-refractivity contribution in [1.29, 1.82) is 0 Å². The summed E-state index contributed by atoms with van der Waals surface area (Å²) in [6, 6.07) is 24.3. The lowest BCUT2D eigenvalue weighted by atomic mass is 10.2. The molecule has 0 saturated heterocycles. The fraction of sp³-hybridized carbons (Fsp3) is 0.125. The zero-order valence-corrected chi connectivity index (χ0v) is 18.1. The number of aromatic nitrogens is 5. The smallest absolute Gasteiger partial charge is 0.196 e. The molecule has 3 aromatic carbocycles. The maximum Gasteiger partial charge on any atom is 0.196 e. The average Bonchev–Trinajstić information content (AvgIpc) is 3.42. The van der Waals surface area contributed by atoms with Crippen LogP contribution >= 0.6 is 11.8 Å². The number of H-pyrrole nitrogens is 1. The van der Waals surface area contributed by atoms with Gasteiger partial charge in [-0.1, -0.05) is 41.6 Å². The fourth-order valence-corrected chi connectivity index (χ4v) is 4.25. The van der Waals surface area contributed by atoms with Gasteiger partial charge in [-0.3, -0.25) is 4.57 Å². The predicted molar refractivity (Wildman–Crippen MR) is 124 cm³/mol. The van der Waals surface area contributed by atoms with Gasteiger partial charge in [0.25, 0.3) is 0 Å². The topological polar surface area (TPSA) is 68.6 Å². The fourth-order valence-electron chi connectivity index (χ4n) is 3.42. The van der Waals surface area contributed by atoms with Crippen LogP contribution in [0.3, 0.4) is 0 Å². The number of fused-ring (bicyclic) bond motifs is 1. The van der Waals surface area contributed by atoms with Crippen LogP contribution in [0.5, 0.6) is 5.75 Å². The number of imidazole rings is 1. The highest BCUT2D eigenvalue weighted by Gasteiger charge is 2.17. The van der Waals surface area contributed by atoms with E-state index in [0.29, 0.717) is 5.75 Å². The number of nitrogens with zero attached hydrogens (tertiary/aromatic N) is 4. The van der Waals surface area contributed by atoms with Crippen LogP contribution in [0.15, 0.2) is 78.0 Å². The minimum absolute atomic E-state index is 0.668. The molecule has 2 heterocycles. The van der Waals surface area contributed by atoms with Gasteiger partial charge in [-0.05, 0) is 55.5 Å². The summed E-state index contributed by atoms with van der Waals surface area (Å²) in [5.41, 5.74) is 5.21. The van der Waals surface area contributed by atoms with Gasteiger partial charge in [0.15, 0.2) is 11.0 Å². The first-order valence-corrected chi connectivity index (χ1v) is 10.9. The van der Waals surface area contributed by atoms with Crippen molar-refractivity contribution in [1.82, 2.24) is 24.7 Å². The van der Waals surface area contributed by atoms with E-state index in [1.807, 2.05) is 48.5 Å². The van der Waals surface area contributed by atoms with Crippen LogP contribution in [0, 0.1) is 6.92 Å². The monoisotopic (exact) mass is 427 g/mol. The second kappa shape index (κ2) is 8.28. The van der Waals surface area contributed by atoms with Crippen LogP contribution in [-0.4, -0.2) is 31.8 Å². The summed E-state index contributed by atoms with van der Waals surface area (Å²) in [5, 5.41) is 9.84. The molecule has 5 rings (SSSR count). The number of benzene rings is 3. The molecule has 0 fully saturated rings. The van der Waals surface area contributed by atoms with Crippen molar-refractivity contribution in [2.75, 3.05) is 7.11 Å². The molecule has 0 atom stereocenters. The Kier molecular flexibility index (Phi) is 5.18. The van der Waals surface area contributed by atoms with E-state index < -0.39 is 0 Å². The molecule has 0 aliphatic carbocycles. The number of thioether (sulfide) groups is 1. The summed E-state index contributed by atoms with van der Waals surface area (Å²) in [6.45, 7) is 2.08. The molecule has 0 aliphatic rings. The van der Waals surface area contributed by atoms with E-state index in [1.165, 1.54) is 5.56 Å². The Morgan fingerprint density at radius 1 is 0.935 bits per heavy atom. The van der Waals surface area contributed by atoms with Gasteiger partial charge in [0, 0.05) is 11.3 Å². The van der Waals surface area contributed by atoms with Crippen molar-refractivity contribution >= 4 is 22.8 Å². The molecule has 31 heavy (non-hydrogen) atoms. The molecule has 0 aliphatic heterocycles. The number of rotatable bonds is 6. The van der Waals surface area contributed by atoms with Crippen LogP contribution in [0.2, 0.25) is 0 Å². The molecule has 6 nitrogen and oxygen atoms in total. The van der Waals surface area contributed by atoms with E-state index in [2.05, 4.69) is 55.9 Å². The van der Waals surface area contributed by atoms with E-state index in [1.54, 1.807) is 18.9 Å². The molecule has 154 valence electrons. The summed E-state index contributed by atoms with van der Waals surface area (Å²) in [4.78, 5) is 8.06. The molecular weight excluding hydrogens is 406 g/mol. The van der Waals surface area contributed by atoms with E-state index >= 15 is 0 Å². The normalized spacial score (nSPS) is 11.2. The molecular formula is C24H21N5OS. The molecule has 0 bridgehead atoms. The SMILES string of the molecule is COc1ccc(-c2nnc(SCc3nc4ccccc4[nH]3)n2-c2ccc(C)cc2)cc1. The number of para-hydroxylation sites is 2. The van der Waals surface area contributed by atoms with Crippen molar-refractivity contribution in [3.8, 4) is 22.8 Å². The van der Waals surface area contributed by atoms with Gasteiger partial charge < -0.3 is 9.72 Å². The average molecular weight is 428 g/mol. The molecule has 0 unspecified atom stereocenters. The van der Waals surface area contributed by atoms with E-state index in [4.69, 9.17) is 4.74 Å². The molecule has 0 amide bonds. The first kappa shape index (κ1) is 19.4. The Labute approximate surface area is 184 Å². The van der Waals surface area contributed by atoms with Gasteiger partial charge in [0.05, 0.1) is 23.9 Å². The molecule has 5 aromatic rings. The number of aryl methyl sites for hydroxylation is 1. The zero-order valence-electron chi connectivity index (χ0n) is 17.2. The number of hydrogen-bond donors (Lipinski definition) is 1. The Hall–Kier alpha value is -3.58. The standard InChI is InChI=1S/C24H21N5OS/c1-16-7-11-18(12-8-16)29-23(17-9-13-19(30-2)14-10-17)27-28-24(29)31-15-22-25-20-5-3-4-6-21(20)26-22/h3-14H,15H2,1-2H3,(H,25,26). The van der Waals surface area contributed by atoms with Crippen molar-refractivity contribution in [3.05, 3.63) is 84.2 Å². The number of nitrogens with one attached hydrogen (secondary N) is 1. The Morgan fingerprint density at radius 3 is 2.45 bits per heavy atom. The summed E-state index contributed by atoms with van der Waals surface area (Å²) in [7, 11) is 1.66. The number of methoxy groups -OCH3 is 1. The van der Waals surface area contributed by atoms with Crippen LogP contribution in [0.1, 0.15) is 11.4 Å². The molecule has 1 N–H and O–H groups in total. The lowest BCUT2D eigenvalue weighted by Crippen LogP contribution is -2.00. The maximum atomic E-state index is 5.29. The Bertz CT molecular complexity index is 1290. The molecule has 0 spiro atoms. The molecule has 7 heteroatoms. The Balaban J connectivity index is 1.51. The third-order valence-electron chi connectivity index (χ3n) is 5.05. The largest absolute Gasteiger partial charge is 0.497 e. The maximum absolute atomic E-state index is 5.29. The predicted octanol–water partition coefficient (Wildman–Crippen LogP) is 5.42. The van der Waals surface area contributed by atoms with Crippen molar-refractivity contribution in [3.63, 3.8) is 0 Å². The highest BCUT2D eigenvalue weighted by atomic mass is 32.2. The minimum atomic E-state index is 0.668. The van der Waals surface area contributed by atoms with Gasteiger partial charge in [-0.25, -0.2) is 4.98 Å². The van der Waals surface area contributed by atoms with Crippen molar-refractivity contribution < 1.29 is 4.74 Å². The van der Waals surface area contributed by atoms with Gasteiger partial charge in [-0.2, -0.15) is 0 Å². The van der Waals surface area contributed by atoms with Gasteiger partial charge in [-0.15, -0.1) is 10.2 Å². The summed E-state index contributed by atoms with van der Waals surface area (Å²) in [6.07, 6.45) is 0. The lowest BCUT2D eigenvalue weighted by molar-refractivity contribution is 0.415. The summed E-state index contributed by atoms with van der Waals surface area (Å²) in [5.74, 6) is 3.18. The number of ether oxygens (including phenoxy) is 1. The van der Waals surface area contributed by atoms with Crippen molar-refractivity contribution in [2.45, 2.75) is 17.8 Å². The van der Waals surface area contributed by atoms with Gasteiger partial charge in [0.1, 0.15) is 11.6 Å². The molecule has 0 radical (unpaired) electrons. The van der Waals surface area contributed by atoms with Crippen LogP contribution in [0.25, 0.3) is 28.1 Å². The quantitative estimate of drug-likeness (QED) is 0.367. The molecule has 0 saturated carbocycles. The van der Waals surface area contributed by atoms with Crippen LogP contribution in [-0.2, 0) is 5.75 Å².